The van der Waals surface area contributed by atoms with Gasteiger partial charge in [0, 0.05) is 6.42 Å². The standard InChI is InChI=1S/C20H39NO4/c1-3-4-5-6-7-8-9-10-11-12-13-14-15-16-18(23)21-19(17(2)22)20(24)25/h17,19,22H,3-16H2,1-2H3,(H,21,23)(H,24,25)/t17?,19-/m0/s1. The molecule has 0 heterocycles. The third kappa shape index (κ3) is 14.9. The summed E-state index contributed by atoms with van der Waals surface area (Å²) < 4.78 is 0. The molecule has 5 heteroatoms. The molecule has 0 aromatic carbocycles. The van der Waals surface area contributed by atoms with Gasteiger partial charge in [0.25, 0.3) is 0 Å². The Morgan fingerprint density at radius 2 is 1.20 bits per heavy atom. The van der Waals surface area contributed by atoms with Gasteiger partial charge in [0.15, 0.2) is 6.04 Å². The van der Waals surface area contributed by atoms with E-state index >= 15 is 0 Å². The largest absolute Gasteiger partial charge is 0.480 e. The Bertz CT molecular complexity index is 345. The maximum absolute atomic E-state index is 11.7. The van der Waals surface area contributed by atoms with E-state index in [1.807, 2.05) is 0 Å². The number of carboxylic acid groups (broad SMARTS) is 1. The molecule has 0 saturated heterocycles. The monoisotopic (exact) mass is 357 g/mol. The first-order chi connectivity index (χ1) is 12.0. The molecule has 148 valence electrons. The fraction of sp³-hybridized carbons (Fsp3) is 0.900. The lowest BCUT2D eigenvalue weighted by Crippen LogP contribution is -2.47. The fourth-order valence-corrected chi connectivity index (χ4v) is 2.94. The van der Waals surface area contributed by atoms with Gasteiger partial charge in [-0.3, -0.25) is 4.79 Å². The van der Waals surface area contributed by atoms with Crippen molar-refractivity contribution < 1.29 is 19.8 Å². The number of carbonyl (C=O) groups is 2. The summed E-state index contributed by atoms with van der Waals surface area (Å²) in [5.74, 6) is -1.50. The highest BCUT2D eigenvalue weighted by Gasteiger charge is 2.24. The lowest BCUT2D eigenvalue weighted by molar-refractivity contribution is -0.144. The lowest BCUT2D eigenvalue weighted by Gasteiger charge is -2.16. The van der Waals surface area contributed by atoms with Gasteiger partial charge in [-0.15, -0.1) is 0 Å². The van der Waals surface area contributed by atoms with E-state index in [1.165, 1.54) is 71.1 Å². The quantitative estimate of drug-likeness (QED) is 0.336. The predicted octanol–water partition coefficient (Wildman–Crippen LogP) is 4.42. The van der Waals surface area contributed by atoms with E-state index < -0.39 is 18.1 Å². The zero-order valence-corrected chi connectivity index (χ0v) is 16.3. The molecular weight excluding hydrogens is 318 g/mol. The van der Waals surface area contributed by atoms with Crippen molar-refractivity contribution in [2.75, 3.05) is 0 Å². The molecule has 0 aromatic rings. The van der Waals surface area contributed by atoms with Crippen LogP contribution in [0.15, 0.2) is 0 Å². The Balaban J connectivity index is 3.40. The topological polar surface area (TPSA) is 86.6 Å². The highest BCUT2D eigenvalue weighted by Crippen LogP contribution is 2.13. The molecule has 0 aromatic heterocycles. The second kappa shape index (κ2) is 16.4. The van der Waals surface area contributed by atoms with Gasteiger partial charge in [-0.25, -0.2) is 4.79 Å². The summed E-state index contributed by atoms with van der Waals surface area (Å²) >= 11 is 0. The SMILES string of the molecule is CCCCCCCCCCCCCCCC(=O)N[C@H](C(=O)O)C(C)O. The van der Waals surface area contributed by atoms with Crippen molar-refractivity contribution in [3.05, 3.63) is 0 Å². The molecular formula is C20H39NO4. The lowest BCUT2D eigenvalue weighted by atomic mass is 10.0. The summed E-state index contributed by atoms with van der Waals surface area (Å²) in [7, 11) is 0. The first-order valence-corrected chi connectivity index (χ1v) is 10.2. The van der Waals surface area contributed by atoms with Gasteiger partial charge in [0.05, 0.1) is 6.10 Å². The third-order valence-corrected chi connectivity index (χ3v) is 4.57. The fourth-order valence-electron chi connectivity index (χ4n) is 2.94. The number of hydrogen-bond donors (Lipinski definition) is 3. The Morgan fingerprint density at radius 1 is 0.800 bits per heavy atom. The van der Waals surface area contributed by atoms with Gasteiger partial charge in [0.2, 0.25) is 5.91 Å². The van der Waals surface area contributed by atoms with Gasteiger partial charge in [-0.1, -0.05) is 84.0 Å². The molecule has 1 unspecified atom stereocenters. The summed E-state index contributed by atoms with van der Waals surface area (Å²) in [6, 6.07) is -1.21. The van der Waals surface area contributed by atoms with Crippen molar-refractivity contribution in [2.45, 2.75) is 116 Å². The second-order valence-electron chi connectivity index (χ2n) is 7.12. The molecule has 0 aliphatic rings. The minimum Gasteiger partial charge on any atom is -0.480 e. The molecule has 0 radical (unpaired) electrons. The number of rotatable bonds is 17. The highest BCUT2D eigenvalue weighted by molar-refractivity contribution is 5.83. The Morgan fingerprint density at radius 3 is 1.56 bits per heavy atom. The molecule has 3 N–H and O–H groups in total. The van der Waals surface area contributed by atoms with E-state index in [4.69, 9.17) is 5.11 Å². The number of aliphatic hydroxyl groups excluding tert-OH is 1. The number of amides is 1. The molecule has 0 rings (SSSR count). The van der Waals surface area contributed by atoms with Gasteiger partial charge >= 0.3 is 5.97 Å². The van der Waals surface area contributed by atoms with Crippen molar-refractivity contribution in [1.29, 1.82) is 0 Å². The zero-order valence-electron chi connectivity index (χ0n) is 16.3. The van der Waals surface area contributed by atoms with Crippen LogP contribution in [-0.2, 0) is 9.59 Å². The van der Waals surface area contributed by atoms with Crippen LogP contribution in [0.25, 0.3) is 0 Å². The van der Waals surface area contributed by atoms with Crippen molar-refractivity contribution in [1.82, 2.24) is 5.32 Å². The molecule has 1 amide bonds. The van der Waals surface area contributed by atoms with E-state index in [0.29, 0.717) is 6.42 Å². The Hall–Kier alpha value is -1.10. The predicted molar refractivity (Wildman–Crippen MR) is 102 cm³/mol. The number of aliphatic carboxylic acids is 1. The zero-order chi connectivity index (χ0) is 18.9. The number of unbranched alkanes of at least 4 members (excludes halogenated alkanes) is 12. The van der Waals surface area contributed by atoms with Crippen LogP contribution in [0.2, 0.25) is 0 Å². The second-order valence-corrected chi connectivity index (χ2v) is 7.12. The number of carbonyl (C=O) groups excluding carboxylic acids is 1. The van der Waals surface area contributed by atoms with Crippen molar-refractivity contribution in [3.63, 3.8) is 0 Å². The highest BCUT2D eigenvalue weighted by atomic mass is 16.4. The number of hydrogen-bond acceptors (Lipinski definition) is 3. The average molecular weight is 358 g/mol. The van der Waals surface area contributed by atoms with Crippen LogP contribution in [0.5, 0.6) is 0 Å². The average Bonchev–Trinajstić information content (AvgIpc) is 2.56. The molecule has 0 aliphatic carbocycles. The van der Waals surface area contributed by atoms with Crippen LogP contribution in [0.1, 0.15) is 104 Å². The molecule has 0 saturated carbocycles. The maximum Gasteiger partial charge on any atom is 0.328 e. The molecule has 5 nitrogen and oxygen atoms in total. The van der Waals surface area contributed by atoms with E-state index in [0.717, 1.165) is 19.3 Å². The normalized spacial score (nSPS) is 13.4. The van der Waals surface area contributed by atoms with Crippen LogP contribution in [0.4, 0.5) is 0 Å². The minimum atomic E-state index is -1.21. The summed E-state index contributed by atoms with van der Waals surface area (Å²) in [4.78, 5) is 22.6. The van der Waals surface area contributed by atoms with E-state index in [-0.39, 0.29) is 5.91 Å². The number of aliphatic hydroxyl groups is 1. The maximum atomic E-state index is 11.7. The Labute approximate surface area is 153 Å². The first kappa shape index (κ1) is 23.9. The van der Waals surface area contributed by atoms with Crippen LogP contribution in [0.3, 0.4) is 0 Å². The Kier molecular flexibility index (Phi) is 15.7. The minimum absolute atomic E-state index is 0.295. The third-order valence-electron chi connectivity index (χ3n) is 4.57. The van der Waals surface area contributed by atoms with Gasteiger partial charge in [0.1, 0.15) is 0 Å². The number of carboxylic acids is 1. The number of nitrogens with one attached hydrogen (secondary N) is 1. The molecule has 2 atom stereocenters. The van der Waals surface area contributed by atoms with Crippen LogP contribution < -0.4 is 5.32 Å². The molecule has 0 aliphatic heterocycles. The van der Waals surface area contributed by atoms with Crippen LogP contribution in [-0.4, -0.2) is 34.2 Å². The molecule has 0 spiro atoms. The smallest absolute Gasteiger partial charge is 0.328 e. The summed E-state index contributed by atoms with van der Waals surface area (Å²) in [6.45, 7) is 3.61. The molecule has 0 bridgehead atoms. The molecule has 25 heavy (non-hydrogen) atoms. The van der Waals surface area contributed by atoms with Crippen molar-refractivity contribution in [2.24, 2.45) is 0 Å². The summed E-state index contributed by atoms with van der Waals surface area (Å²) in [5.41, 5.74) is 0. The van der Waals surface area contributed by atoms with Gasteiger partial charge in [-0.05, 0) is 13.3 Å². The van der Waals surface area contributed by atoms with E-state index in [9.17, 15) is 14.7 Å². The van der Waals surface area contributed by atoms with Crippen molar-refractivity contribution >= 4 is 11.9 Å². The molecule has 0 fully saturated rings. The first-order valence-electron chi connectivity index (χ1n) is 10.2. The van der Waals surface area contributed by atoms with Crippen LogP contribution in [0, 0.1) is 0 Å². The van der Waals surface area contributed by atoms with E-state index in [2.05, 4.69) is 12.2 Å². The van der Waals surface area contributed by atoms with E-state index in [1.54, 1.807) is 0 Å². The van der Waals surface area contributed by atoms with Gasteiger partial charge < -0.3 is 15.5 Å². The summed E-state index contributed by atoms with van der Waals surface area (Å²) in [5, 5.41) is 20.6. The van der Waals surface area contributed by atoms with Gasteiger partial charge in [-0.2, -0.15) is 0 Å². The van der Waals surface area contributed by atoms with Crippen molar-refractivity contribution in [3.8, 4) is 0 Å². The van der Waals surface area contributed by atoms with Crippen LogP contribution >= 0.6 is 0 Å². The summed E-state index contributed by atoms with van der Waals surface area (Å²) in [6.07, 6.45) is 15.4.